The van der Waals surface area contributed by atoms with Gasteiger partial charge in [0.1, 0.15) is 0 Å². The number of nitrogens with zero attached hydrogens (tertiary/aromatic N) is 2. The fourth-order valence-electron chi connectivity index (χ4n) is 7.23. The quantitative estimate of drug-likeness (QED) is 0.178. The van der Waals surface area contributed by atoms with Crippen molar-refractivity contribution in [3.05, 3.63) is 193 Å². The minimum absolute atomic E-state index is 0.232. The van der Waals surface area contributed by atoms with Crippen LogP contribution in [-0.2, 0) is 5.41 Å². The second-order valence-corrected chi connectivity index (χ2v) is 13.2. The van der Waals surface area contributed by atoms with Gasteiger partial charge in [0, 0.05) is 39.5 Å². The van der Waals surface area contributed by atoms with Gasteiger partial charge in [-0.1, -0.05) is 105 Å². The first-order chi connectivity index (χ1) is 24.4. The van der Waals surface area contributed by atoms with Crippen LogP contribution in [0.3, 0.4) is 0 Å². The number of carbonyl (C=O) groups is 1. The average Bonchev–Trinajstić information content (AvgIpc) is 3.38. The number of fused-ring (bicyclic) bond motifs is 3. The summed E-state index contributed by atoms with van der Waals surface area (Å²) >= 11 is 0. The van der Waals surface area contributed by atoms with E-state index < -0.39 is 5.97 Å². The Labute approximate surface area is 293 Å². The number of hydrogen-bond donors (Lipinski definition) is 1. The second kappa shape index (κ2) is 12.6. The summed E-state index contributed by atoms with van der Waals surface area (Å²) in [6.07, 6.45) is 0. The fraction of sp³-hybridized carbons (Fsp3) is 0.0652. The van der Waals surface area contributed by atoms with Crippen molar-refractivity contribution in [1.29, 1.82) is 0 Å². The summed E-state index contributed by atoms with van der Waals surface area (Å²) in [6.45, 7) is 4.66. The van der Waals surface area contributed by atoms with Crippen molar-refractivity contribution < 1.29 is 9.90 Å². The number of para-hydroxylation sites is 3. The molecule has 0 unspecified atom stereocenters. The summed E-state index contributed by atoms with van der Waals surface area (Å²) in [5.74, 6) is -0.923. The molecule has 7 aromatic rings. The van der Waals surface area contributed by atoms with Gasteiger partial charge in [-0.05, 0) is 118 Å². The number of anilines is 6. The van der Waals surface area contributed by atoms with Crippen LogP contribution in [0.25, 0.3) is 22.3 Å². The van der Waals surface area contributed by atoms with E-state index in [0.29, 0.717) is 0 Å². The predicted octanol–water partition coefficient (Wildman–Crippen LogP) is 12.3. The van der Waals surface area contributed by atoms with Crippen LogP contribution in [0.2, 0.25) is 0 Å². The lowest BCUT2D eigenvalue weighted by Gasteiger charge is -2.29. The van der Waals surface area contributed by atoms with Gasteiger partial charge in [0.05, 0.1) is 5.56 Å². The van der Waals surface area contributed by atoms with E-state index in [1.165, 1.54) is 22.3 Å². The van der Waals surface area contributed by atoms with Gasteiger partial charge in [-0.25, -0.2) is 4.79 Å². The fourth-order valence-corrected chi connectivity index (χ4v) is 7.23. The second-order valence-electron chi connectivity index (χ2n) is 13.2. The lowest BCUT2D eigenvalue weighted by atomic mass is 9.82. The normalized spacial score (nSPS) is 12.5. The highest BCUT2D eigenvalue weighted by Crippen LogP contribution is 2.52. The zero-order valence-corrected chi connectivity index (χ0v) is 28.0. The highest BCUT2D eigenvalue weighted by molar-refractivity contribution is 5.90. The van der Waals surface area contributed by atoms with Gasteiger partial charge in [0.15, 0.2) is 0 Å². The molecule has 0 aromatic heterocycles. The monoisotopic (exact) mass is 648 g/mol. The summed E-state index contributed by atoms with van der Waals surface area (Å²) in [5.41, 5.74) is 13.8. The first kappa shape index (κ1) is 30.9. The highest BCUT2D eigenvalue weighted by Gasteiger charge is 2.36. The third kappa shape index (κ3) is 5.51. The molecule has 0 bridgehead atoms. The van der Waals surface area contributed by atoms with Gasteiger partial charge in [0.25, 0.3) is 0 Å². The lowest BCUT2D eigenvalue weighted by molar-refractivity contribution is 0.0697. The molecule has 0 aliphatic heterocycles. The number of hydrogen-bond acceptors (Lipinski definition) is 3. The topological polar surface area (TPSA) is 43.8 Å². The largest absolute Gasteiger partial charge is 0.478 e. The Kier molecular flexibility index (Phi) is 7.77. The standard InChI is InChI=1S/C46H36N2O2/c1-46(2)43-30-39(47(35-12-6-3-7-13-35)36-14-8-4-9-15-36)26-28-41(43)42-29-27-40(31-44(42)46)48(37-16-10-5-11-17-37)38-24-22-33(23-25-38)32-18-20-34(21-19-32)45(49)50/h3-31H,1-2H3,(H,49,50). The molecule has 0 saturated carbocycles. The lowest BCUT2D eigenvalue weighted by Crippen LogP contribution is -2.17. The molecule has 8 rings (SSSR count). The number of benzene rings is 7. The van der Waals surface area contributed by atoms with Crippen LogP contribution in [0.15, 0.2) is 176 Å². The van der Waals surface area contributed by atoms with Crippen molar-refractivity contribution in [3.8, 4) is 22.3 Å². The van der Waals surface area contributed by atoms with E-state index in [2.05, 4.69) is 169 Å². The molecule has 242 valence electrons. The zero-order chi connectivity index (χ0) is 34.2. The maximum absolute atomic E-state index is 11.4. The molecule has 1 aliphatic rings. The molecule has 1 aliphatic carbocycles. The number of aromatic carboxylic acids is 1. The van der Waals surface area contributed by atoms with Crippen molar-refractivity contribution in [3.63, 3.8) is 0 Å². The molecule has 0 heterocycles. The Bertz CT molecular complexity index is 2260. The molecule has 4 heteroatoms. The van der Waals surface area contributed by atoms with E-state index in [4.69, 9.17) is 0 Å². The SMILES string of the molecule is CC1(C)c2cc(N(c3ccccc3)c3ccccc3)ccc2-c2ccc(N(c3ccccc3)c3ccc(-c4ccc(C(=O)O)cc4)cc3)cc21. The molecule has 0 fully saturated rings. The van der Waals surface area contributed by atoms with Gasteiger partial charge in [-0.15, -0.1) is 0 Å². The maximum atomic E-state index is 11.4. The average molecular weight is 649 g/mol. The Morgan fingerprint density at radius 2 is 0.780 bits per heavy atom. The van der Waals surface area contributed by atoms with Crippen LogP contribution in [0.4, 0.5) is 34.1 Å². The van der Waals surface area contributed by atoms with Crippen LogP contribution in [0.5, 0.6) is 0 Å². The van der Waals surface area contributed by atoms with E-state index in [0.717, 1.165) is 45.3 Å². The minimum atomic E-state index is -0.923. The number of rotatable bonds is 8. The van der Waals surface area contributed by atoms with Gasteiger partial charge in [0.2, 0.25) is 0 Å². The molecule has 0 radical (unpaired) electrons. The number of carboxylic acid groups (broad SMARTS) is 1. The molecule has 0 atom stereocenters. The molecule has 4 nitrogen and oxygen atoms in total. The molecular formula is C46H36N2O2. The Balaban J connectivity index is 1.18. The maximum Gasteiger partial charge on any atom is 0.335 e. The van der Waals surface area contributed by atoms with Crippen LogP contribution in [0, 0.1) is 0 Å². The van der Waals surface area contributed by atoms with Gasteiger partial charge in [-0.2, -0.15) is 0 Å². The Morgan fingerprint density at radius 1 is 0.440 bits per heavy atom. The van der Waals surface area contributed by atoms with Gasteiger partial charge >= 0.3 is 5.97 Å². The first-order valence-corrected chi connectivity index (χ1v) is 16.9. The Hall–Kier alpha value is -6.39. The van der Waals surface area contributed by atoms with Crippen molar-refractivity contribution in [2.75, 3.05) is 9.80 Å². The minimum Gasteiger partial charge on any atom is -0.478 e. The van der Waals surface area contributed by atoms with E-state index in [-0.39, 0.29) is 11.0 Å². The molecule has 0 saturated heterocycles. The highest BCUT2D eigenvalue weighted by atomic mass is 16.4. The number of carboxylic acids is 1. The molecule has 7 aromatic carbocycles. The molecule has 0 amide bonds. The van der Waals surface area contributed by atoms with Gasteiger partial charge < -0.3 is 14.9 Å². The van der Waals surface area contributed by atoms with Gasteiger partial charge in [-0.3, -0.25) is 0 Å². The van der Waals surface area contributed by atoms with Crippen molar-refractivity contribution in [2.45, 2.75) is 19.3 Å². The molecule has 0 spiro atoms. The summed E-state index contributed by atoms with van der Waals surface area (Å²) in [4.78, 5) is 16.0. The summed E-state index contributed by atoms with van der Waals surface area (Å²) in [6, 6.07) is 60.8. The molecular weight excluding hydrogens is 613 g/mol. The van der Waals surface area contributed by atoms with Crippen LogP contribution in [-0.4, -0.2) is 11.1 Å². The van der Waals surface area contributed by atoms with E-state index in [9.17, 15) is 9.90 Å². The zero-order valence-electron chi connectivity index (χ0n) is 28.0. The smallest absolute Gasteiger partial charge is 0.335 e. The third-order valence-corrected chi connectivity index (χ3v) is 9.79. The predicted molar refractivity (Wildman–Crippen MR) is 206 cm³/mol. The van der Waals surface area contributed by atoms with Crippen LogP contribution < -0.4 is 9.80 Å². The van der Waals surface area contributed by atoms with E-state index >= 15 is 0 Å². The van der Waals surface area contributed by atoms with Crippen LogP contribution >= 0.6 is 0 Å². The summed E-state index contributed by atoms with van der Waals surface area (Å²) in [7, 11) is 0. The first-order valence-electron chi connectivity index (χ1n) is 16.9. The van der Waals surface area contributed by atoms with E-state index in [1.807, 2.05) is 18.2 Å². The summed E-state index contributed by atoms with van der Waals surface area (Å²) < 4.78 is 0. The Morgan fingerprint density at radius 3 is 1.16 bits per heavy atom. The third-order valence-electron chi connectivity index (χ3n) is 9.79. The summed E-state index contributed by atoms with van der Waals surface area (Å²) in [5, 5.41) is 9.31. The van der Waals surface area contributed by atoms with Crippen LogP contribution in [0.1, 0.15) is 35.3 Å². The molecule has 1 N–H and O–H groups in total. The van der Waals surface area contributed by atoms with Crippen molar-refractivity contribution in [1.82, 2.24) is 0 Å². The molecule has 50 heavy (non-hydrogen) atoms. The van der Waals surface area contributed by atoms with E-state index in [1.54, 1.807) is 12.1 Å². The van der Waals surface area contributed by atoms with Crippen molar-refractivity contribution in [2.24, 2.45) is 0 Å². The van der Waals surface area contributed by atoms with Crippen molar-refractivity contribution >= 4 is 40.1 Å².